The molecule has 0 aliphatic rings. The van der Waals surface area contributed by atoms with Crippen molar-refractivity contribution >= 4 is 21.8 Å². The number of hydrogen-bond acceptors (Lipinski definition) is 0. The lowest BCUT2D eigenvalue weighted by atomic mass is 10.1. The van der Waals surface area contributed by atoms with Crippen molar-refractivity contribution in [3.8, 4) is 0 Å². The van der Waals surface area contributed by atoms with Crippen molar-refractivity contribution in [1.82, 2.24) is 4.57 Å². The van der Waals surface area contributed by atoms with E-state index in [2.05, 4.69) is 90.0 Å². The van der Waals surface area contributed by atoms with Gasteiger partial charge < -0.3 is 4.57 Å². The predicted octanol–water partition coefficient (Wildman–Crippen LogP) is 5.57. The average molecular weight is 283 g/mol. The first-order valence-corrected chi connectivity index (χ1v) is 7.55. The number of para-hydroxylation sites is 2. The Kier molecular flexibility index (Phi) is 3.05. The van der Waals surface area contributed by atoms with Gasteiger partial charge in [-0.2, -0.15) is 0 Å². The molecule has 1 heteroatoms. The summed E-state index contributed by atoms with van der Waals surface area (Å²) in [5.74, 6) is 0. The smallest absolute Gasteiger partial charge is 0.0773 e. The van der Waals surface area contributed by atoms with Crippen LogP contribution in [0.2, 0.25) is 0 Å². The molecule has 4 rings (SSSR count). The molecule has 1 unspecified atom stereocenters. The zero-order valence-electron chi connectivity index (χ0n) is 12.3. The van der Waals surface area contributed by atoms with Crippen molar-refractivity contribution < 1.29 is 0 Å². The monoisotopic (exact) mass is 283 g/mol. The molecule has 1 nitrogen and oxygen atoms in total. The van der Waals surface area contributed by atoms with E-state index in [0.29, 0.717) is 0 Å². The van der Waals surface area contributed by atoms with Crippen molar-refractivity contribution in [2.75, 3.05) is 0 Å². The highest BCUT2D eigenvalue weighted by Crippen LogP contribution is 2.34. The van der Waals surface area contributed by atoms with Crippen LogP contribution < -0.4 is 0 Å². The van der Waals surface area contributed by atoms with Crippen LogP contribution in [0.5, 0.6) is 0 Å². The van der Waals surface area contributed by atoms with Crippen LogP contribution in [-0.2, 0) is 0 Å². The maximum absolute atomic E-state index is 4.09. The van der Waals surface area contributed by atoms with Gasteiger partial charge >= 0.3 is 0 Å². The van der Waals surface area contributed by atoms with Crippen molar-refractivity contribution in [1.29, 1.82) is 0 Å². The van der Waals surface area contributed by atoms with E-state index in [1.807, 2.05) is 6.08 Å². The van der Waals surface area contributed by atoms with E-state index >= 15 is 0 Å². The SMILES string of the molecule is C=CC(c1ccccc1)n1c2ccccc2c2ccccc21. The summed E-state index contributed by atoms with van der Waals surface area (Å²) in [5, 5.41) is 2.58. The zero-order valence-corrected chi connectivity index (χ0v) is 12.3. The van der Waals surface area contributed by atoms with E-state index in [4.69, 9.17) is 0 Å². The lowest BCUT2D eigenvalue weighted by Crippen LogP contribution is -2.07. The number of hydrogen-bond donors (Lipinski definition) is 0. The standard InChI is InChI=1S/C21H17N/c1-2-19(16-10-4-3-5-11-16)22-20-14-8-6-12-17(20)18-13-7-9-15-21(18)22/h2-15,19H,1H2. The van der Waals surface area contributed by atoms with Gasteiger partial charge in [0, 0.05) is 21.8 Å². The fourth-order valence-electron chi connectivity index (χ4n) is 3.29. The Morgan fingerprint density at radius 3 is 1.73 bits per heavy atom. The highest BCUT2D eigenvalue weighted by molar-refractivity contribution is 6.08. The summed E-state index contributed by atoms with van der Waals surface area (Å²) in [4.78, 5) is 0. The van der Waals surface area contributed by atoms with Crippen LogP contribution in [0.1, 0.15) is 11.6 Å². The van der Waals surface area contributed by atoms with Crippen molar-refractivity contribution in [2.24, 2.45) is 0 Å². The Bertz CT molecular complexity index is 894. The second-order valence-corrected chi connectivity index (χ2v) is 5.50. The van der Waals surface area contributed by atoms with E-state index in [0.717, 1.165) is 0 Å². The molecule has 106 valence electrons. The normalized spacial score (nSPS) is 12.5. The number of rotatable bonds is 3. The van der Waals surface area contributed by atoms with E-state index < -0.39 is 0 Å². The summed E-state index contributed by atoms with van der Waals surface area (Å²) >= 11 is 0. The van der Waals surface area contributed by atoms with Gasteiger partial charge in [-0.1, -0.05) is 72.8 Å². The summed E-state index contributed by atoms with van der Waals surface area (Å²) in [6.07, 6.45) is 2.02. The summed E-state index contributed by atoms with van der Waals surface area (Å²) in [5.41, 5.74) is 3.75. The van der Waals surface area contributed by atoms with Gasteiger partial charge in [0.25, 0.3) is 0 Å². The first-order valence-electron chi connectivity index (χ1n) is 7.55. The van der Waals surface area contributed by atoms with Gasteiger partial charge in [-0.25, -0.2) is 0 Å². The Labute approximate surface area is 130 Å². The van der Waals surface area contributed by atoms with Gasteiger partial charge in [0.1, 0.15) is 0 Å². The molecular formula is C21H17N. The zero-order chi connectivity index (χ0) is 14.9. The third-order valence-corrected chi connectivity index (χ3v) is 4.26. The quantitative estimate of drug-likeness (QED) is 0.433. The molecule has 3 aromatic carbocycles. The molecule has 1 heterocycles. The summed E-state index contributed by atoms with van der Waals surface area (Å²) in [6.45, 7) is 4.09. The molecule has 0 saturated carbocycles. The number of aromatic nitrogens is 1. The van der Waals surface area contributed by atoms with Crippen LogP contribution in [0.15, 0.2) is 91.5 Å². The minimum absolute atomic E-state index is 0.131. The second-order valence-electron chi connectivity index (χ2n) is 5.50. The van der Waals surface area contributed by atoms with Crippen LogP contribution in [-0.4, -0.2) is 4.57 Å². The molecule has 0 fully saturated rings. The number of nitrogens with zero attached hydrogens (tertiary/aromatic N) is 1. The molecule has 0 N–H and O–H groups in total. The van der Waals surface area contributed by atoms with Gasteiger partial charge in [0.05, 0.1) is 6.04 Å². The van der Waals surface area contributed by atoms with E-state index in [9.17, 15) is 0 Å². The molecule has 0 bridgehead atoms. The molecular weight excluding hydrogens is 266 g/mol. The van der Waals surface area contributed by atoms with Gasteiger partial charge in [0.2, 0.25) is 0 Å². The van der Waals surface area contributed by atoms with Gasteiger partial charge in [-0.05, 0) is 17.7 Å². The molecule has 0 aliphatic carbocycles. The van der Waals surface area contributed by atoms with Crippen molar-refractivity contribution in [2.45, 2.75) is 6.04 Å². The van der Waals surface area contributed by atoms with Crippen LogP contribution in [0.25, 0.3) is 21.8 Å². The maximum Gasteiger partial charge on any atom is 0.0773 e. The fraction of sp³-hybridized carbons (Fsp3) is 0.0476. The van der Waals surface area contributed by atoms with Gasteiger partial charge in [0.15, 0.2) is 0 Å². The number of fused-ring (bicyclic) bond motifs is 3. The van der Waals surface area contributed by atoms with Crippen LogP contribution in [0, 0.1) is 0 Å². The molecule has 0 aliphatic heterocycles. The minimum Gasteiger partial charge on any atom is -0.329 e. The van der Waals surface area contributed by atoms with Crippen LogP contribution in [0.4, 0.5) is 0 Å². The maximum atomic E-state index is 4.09. The van der Waals surface area contributed by atoms with Crippen molar-refractivity contribution in [3.05, 3.63) is 97.1 Å². The first kappa shape index (κ1) is 12.9. The molecule has 0 amide bonds. The largest absolute Gasteiger partial charge is 0.329 e. The van der Waals surface area contributed by atoms with Crippen molar-refractivity contribution in [3.63, 3.8) is 0 Å². The molecule has 1 aromatic heterocycles. The molecule has 4 aromatic rings. The highest BCUT2D eigenvalue weighted by atomic mass is 15.0. The number of benzene rings is 3. The Hall–Kier alpha value is -2.80. The number of allylic oxidation sites excluding steroid dienone is 1. The molecule has 22 heavy (non-hydrogen) atoms. The van der Waals surface area contributed by atoms with Crippen LogP contribution >= 0.6 is 0 Å². The summed E-state index contributed by atoms with van der Waals surface area (Å²) in [7, 11) is 0. The third kappa shape index (κ3) is 1.86. The van der Waals surface area contributed by atoms with E-state index in [1.54, 1.807) is 0 Å². The molecule has 0 saturated heterocycles. The lowest BCUT2D eigenvalue weighted by molar-refractivity contribution is 0.756. The average Bonchev–Trinajstić information content (AvgIpc) is 2.92. The van der Waals surface area contributed by atoms with Gasteiger partial charge in [-0.3, -0.25) is 0 Å². The Morgan fingerprint density at radius 1 is 0.682 bits per heavy atom. The molecule has 0 radical (unpaired) electrons. The van der Waals surface area contributed by atoms with E-state index in [1.165, 1.54) is 27.4 Å². The second kappa shape index (κ2) is 5.19. The third-order valence-electron chi connectivity index (χ3n) is 4.26. The molecule has 0 spiro atoms. The van der Waals surface area contributed by atoms with Crippen LogP contribution in [0.3, 0.4) is 0 Å². The first-order chi connectivity index (χ1) is 10.9. The summed E-state index contributed by atoms with van der Waals surface area (Å²) < 4.78 is 2.38. The van der Waals surface area contributed by atoms with E-state index in [-0.39, 0.29) is 6.04 Å². The highest BCUT2D eigenvalue weighted by Gasteiger charge is 2.16. The predicted molar refractivity (Wildman–Crippen MR) is 94.2 cm³/mol. The molecule has 1 atom stereocenters. The minimum atomic E-state index is 0.131. The fourth-order valence-corrected chi connectivity index (χ4v) is 3.29. The lowest BCUT2D eigenvalue weighted by Gasteiger charge is -2.18. The Balaban J connectivity index is 2.09. The topological polar surface area (TPSA) is 4.93 Å². The Morgan fingerprint density at radius 2 is 1.18 bits per heavy atom. The van der Waals surface area contributed by atoms with Gasteiger partial charge in [-0.15, -0.1) is 6.58 Å². The summed E-state index contributed by atoms with van der Waals surface area (Å²) in [6, 6.07) is 27.8.